The van der Waals surface area contributed by atoms with Crippen molar-refractivity contribution in [3.05, 3.63) is 41.5 Å². The molecule has 1 aliphatic heterocycles. The maximum atomic E-state index is 13.7. The van der Waals surface area contributed by atoms with Gasteiger partial charge in [-0.1, -0.05) is 0 Å². The van der Waals surface area contributed by atoms with Crippen LogP contribution in [0.4, 0.5) is 24.8 Å². The number of hydrogen-bond acceptors (Lipinski definition) is 7. The van der Waals surface area contributed by atoms with Crippen LogP contribution in [0.5, 0.6) is 0 Å². The fourth-order valence-corrected chi connectivity index (χ4v) is 7.38. The van der Waals surface area contributed by atoms with Gasteiger partial charge in [0.2, 0.25) is 5.95 Å². The fraction of sp³-hybridized carbons (Fsp3) is 0.615. The topological polar surface area (TPSA) is 94.5 Å². The van der Waals surface area contributed by atoms with Gasteiger partial charge in [-0.15, -0.1) is 0 Å². The van der Waals surface area contributed by atoms with Crippen LogP contribution < -0.4 is 15.1 Å². The van der Waals surface area contributed by atoms with E-state index in [0.717, 1.165) is 32.1 Å². The van der Waals surface area contributed by atoms with Crippen LogP contribution in [0.15, 0.2) is 24.5 Å². The summed E-state index contributed by atoms with van der Waals surface area (Å²) in [5.74, 6) is 1.31. The van der Waals surface area contributed by atoms with E-state index >= 15 is 0 Å². The molecule has 7 rings (SSSR count). The number of carbonyl (C=O) groups is 1. The smallest absolute Gasteiger partial charge is 0.390 e. The molecule has 0 radical (unpaired) electrons. The molecule has 8 nitrogen and oxygen atoms in total. The van der Waals surface area contributed by atoms with Gasteiger partial charge in [-0.3, -0.25) is 9.78 Å². The minimum atomic E-state index is -4.48. The lowest BCUT2D eigenvalue weighted by atomic mass is 9.52. The second-order valence-corrected chi connectivity index (χ2v) is 11.2. The lowest BCUT2D eigenvalue weighted by Gasteiger charge is -2.58. The molecule has 4 aliphatic carbocycles. The average molecular weight is 517 g/mol. The number of aromatic nitrogens is 3. The van der Waals surface area contributed by atoms with E-state index in [-0.39, 0.29) is 29.0 Å². The third-order valence-corrected chi connectivity index (χ3v) is 8.72. The molecule has 2 atom stereocenters. The number of aryl methyl sites for hydroxylation is 1. The zero-order chi connectivity index (χ0) is 25.9. The summed E-state index contributed by atoms with van der Waals surface area (Å²) >= 11 is 0. The van der Waals surface area contributed by atoms with Crippen LogP contribution in [-0.4, -0.2) is 63.8 Å². The van der Waals surface area contributed by atoms with Crippen LogP contribution in [0, 0.1) is 24.7 Å². The largest absolute Gasteiger partial charge is 0.420 e. The molecular weight excluding hydrogens is 485 g/mol. The molecule has 4 saturated carbocycles. The van der Waals surface area contributed by atoms with Crippen molar-refractivity contribution in [2.75, 3.05) is 36.0 Å². The first-order valence-electron chi connectivity index (χ1n) is 13.0. The van der Waals surface area contributed by atoms with Gasteiger partial charge >= 0.3 is 6.18 Å². The van der Waals surface area contributed by atoms with Gasteiger partial charge in [-0.25, -0.2) is 9.97 Å². The number of carbonyl (C=O) groups excluding carboxylic acids is 1. The van der Waals surface area contributed by atoms with Crippen LogP contribution in [0.25, 0.3) is 0 Å². The summed E-state index contributed by atoms with van der Waals surface area (Å²) in [4.78, 5) is 29.4. The SMILES string of the molecule is Cc1nccc(N2CCN(c3nccc(C(=O)NC4[C@@H]5CC6C[C@@H]4CC(O)(C6)C5)n3)CC2)c1C(F)(F)F. The number of piperazine rings is 1. The van der Waals surface area contributed by atoms with E-state index < -0.39 is 17.3 Å². The molecule has 4 bridgehead atoms. The second-order valence-electron chi connectivity index (χ2n) is 11.2. The van der Waals surface area contributed by atoms with Gasteiger partial charge in [0.25, 0.3) is 5.91 Å². The highest BCUT2D eigenvalue weighted by molar-refractivity contribution is 5.92. The van der Waals surface area contributed by atoms with Crippen molar-refractivity contribution < 1.29 is 23.1 Å². The molecule has 198 valence electrons. The second kappa shape index (κ2) is 8.82. The molecule has 37 heavy (non-hydrogen) atoms. The zero-order valence-electron chi connectivity index (χ0n) is 20.7. The maximum Gasteiger partial charge on any atom is 0.420 e. The number of amides is 1. The van der Waals surface area contributed by atoms with Crippen LogP contribution in [0.1, 0.15) is 53.8 Å². The van der Waals surface area contributed by atoms with E-state index in [1.54, 1.807) is 17.2 Å². The van der Waals surface area contributed by atoms with Crippen molar-refractivity contribution in [2.45, 2.75) is 56.8 Å². The number of pyridine rings is 1. The van der Waals surface area contributed by atoms with Crippen molar-refractivity contribution in [3.63, 3.8) is 0 Å². The van der Waals surface area contributed by atoms with Crippen molar-refractivity contribution >= 4 is 17.5 Å². The van der Waals surface area contributed by atoms with E-state index in [2.05, 4.69) is 20.3 Å². The molecular formula is C26H31F3N6O2. The molecule has 0 aromatic carbocycles. The van der Waals surface area contributed by atoms with E-state index in [9.17, 15) is 23.1 Å². The molecule has 5 fully saturated rings. The van der Waals surface area contributed by atoms with E-state index in [1.165, 1.54) is 19.2 Å². The molecule has 1 saturated heterocycles. The maximum absolute atomic E-state index is 13.7. The number of hydrogen-bond donors (Lipinski definition) is 2. The Bertz CT molecular complexity index is 1180. The van der Waals surface area contributed by atoms with E-state index in [1.807, 2.05) is 4.90 Å². The lowest BCUT2D eigenvalue weighted by molar-refractivity contribution is -0.138. The van der Waals surface area contributed by atoms with Gasteiger partial charge in [-0.2, -0.15) is 13.2 Å². The van der Waals surface area contributed by atoms with Crippen molar-refractivity contribution in [2.24, 2.45) is 17.8 Å². The Kier molecular flexibility index (Phi) is 5.81. The Labute approximate surface area is 213 Å². The highest BCUT2D eigenvalue weighted by Crippen LogP contribution is 2.55. The summed E-state index contributed by atoms with van der Waals surface area (Å²) in [6.07, 6.45) is 2.96. The normalized spacial score (nSPS) is 31.1. The zero-order valence-corrected chi connectivity index (χ0v) is 20.7. The summed E-state index contributed by atoms with van der Waals surface area (Å²) in [5, 5.41) is 14.0. The summed E-state index contributed by atoms with van der Waals surface area (Å²) in [6.45, 7) is 2.95. The van der Waals surface area contributed by atoms with E-state index in [4.69, 9.17) is 0 Å². The molecule has 0 spiro atoms. The first kappa shape index (κ1) is 24.4. The minimum Gasteiger partial charge on any atom is -0.390 e. The Hall–Kier alpha value is -2.95. The Balaban J connectivity index is 1.12. The molecule has 11 heteroatoms. The average Bonchev–Trinajstić information content (AvgIpc) is 2.84. The van der Waals surface area contributed by atoms with Crippen LogP contribution in [0.3, 0.4) is 0 Å². The standard InChI is InChI=1S/C26H31F3N6O2/c1-15-21(26(27,28)29)20(3-5-30-15)34-6-8-35(9-7-34)24-31-4-2-19(32-24)23(36)33-22-17-10-16-11-18(22)14-25(37,12-16)13-17/h2-5,16-18,22,37H,6-14H2,1H3,(H,33,36)/t16?,17-,18-,22?,25?/m1/s1. The first-order valence-corrected chi connectivity index (χ1v) is 13.0. The van der Waals surface area contributed by atoms with Crippen LogP contribution in [0.2, 0.25) is 0 Å². The van der Waals surface area contributed by atoms with Crippen LogP contribution >= 0.6 is 0 Å². The highest BCUT2D eigenvalue weighted by atomic mass is 19.4. The van der Waals surface area contributed by atoms with Crippen molar-refractivity contribution in [3.8, 4) is 0 Å². The Morgan fingerprint density at radius 1 is 1.03 bits per heavy atom. The van der Waals surface area contributed by atoms with E-state index in [0.29, 0.717) is 49.9 Å². The Morgan fingerprint density at radius 3 is 2.32 bits per heavy atom. The summed E-state index contributed by atoms with van der Waals surface area (Å²) in [7, 11) is 0. The quantitative estimate of drug-likeness (QED) is 0.645. The van der Waals surface area contributed by atoms with Crippen LogP contribution in [-0.2, 0) is 6.18 Å². The number of alkyl halides is 3. The third kappa shape index (κ3) is 4.51. The molecule has 2 aromatic rings. The number of halogens is 3. The predicted octanol–water partition coefficient (Wildman–Crippen LogP) is 3.19. The monoisotopic (exact) mass is 516 g/mol. The minimum absolute atomic E-state index is 0.0391. The molecule has 0 unspecified atom stereocenters. The summed E-state index contributed by atoms with van der Waals surface area (Å²) in [5.41, 5.74) is -0.881. The van der Waals surface area contributed by atoms with Crippen molar-refractivity contribution in [1.29, 1.82) is 0 Å². The third-order valence-electron chi connectivity index (χ3n) is 8.72. The number of nitrogens with one attached hydrogen (secondary N) is 1. The van der Waals surface area contributed by atoms with Crippen molar-refractivity contribution in [1.82, 2.24) is 20.3 Å². The highest BCUT2D eigenvalue weighted by Gasteiger charge is 2.55. The summed E-state index contributed by atoms with van der Waals surface area (Å²) in [6, 6.07) is 3.06. The Morgan fingerprint density at radius 2 is 1.68 bits per heavy atom. The number of anilines is 2. The van der Waals surface area contributed by atoms with Gasteiger partial charge in [0.1, 0.15) is 11.3 Å². The van der Waals surface area contributed by atoms with Gasteiger partial charge in [0.15, 0.2) is 0 Å². The first-order chi connectivity index (χ1) is 17.6. The molecule has 3 heterocycles. The van der Waals surface area contributed by atoms with Gasteiger partial charge in [-0.05, 0) is 68.9 Å². The summed E-state index contributed by atoms with van der Waals surface area (Å²) < 4.78 is 41.0. The van der Waals surface area contributed by atoms with Gasteiger partial charge < -0.3 is 20.2 Å². The fourth-order valence-electron chi connectivity index (χ4n) is 7.38. The number of nitrogens with zero attached hydrogens (tertiary/aromatic N) is 5. The van der Waals surface area contributed by atoms with Gasteiger partial charge in [0.05, 0.1) is 17.0 Å². The number of aliphatic hydroxyl groups is 1. The molecule has 2 N–H and O–H groups in total. The predicted molar refractivity (Wildman–Crippen MR) is 130 cm³/mol. The lowest BCUT2D eigenvalue weighted by Crippen LogP contribution is -2.61. The molecule has 5 aliphatic rings. The molecule has 1 amide bonds. The molecule has 2 aromatic heterocycles. The van der Waals surface area contributed by atoms with Gasteiger partial charge in [0, 0.05) is 44.6 Å². The number of rotatable bonds is 4.